The highest BCUT2D eigenvalue weighted by Gasteiger charge is 2.65. The zero-order valence-corrected chi connectivity index (χ0v) is 20.8. The molecule has 0 saturated heterocycles. The quantitative estimate of drug-likeness (QED) is 0.581. The van der Waals surface area contributed by atoms with Crippen LogP contribution in [-0.4, -0.2) is 39.4 Å². The largest absolute Gasteiger partial charge is 0.393 e. The van der Waals surface area contributed by atoms with Crippen molar-refractivity contribution in [3.63, 3.8) is 0 Å². The molecule has 4 nitrogen and oxygen atoms in total. The Morgan fingerprint density at radius 3 is 2.32 bits per heavy atom. The van der Waals surface area contributed by atoms with Gasteiger partial charge in [0, 0.05) is 6.42 Å². The number of carbonyl (C=O) groups is 1. The molecule has 4 aliphatic rings. The van der Waals surface area contributed by atoms with Crippen LogP contribution >= 0.6 is 0 Å². The number of ketones is 1. The van der Waals surface area contributed by atoms with Gasteiger partial charge in [-0.1, -0.05) is 34.6 Å². The van der Waals surface area contributed by atoms with Crippen LogP contribution in [0.4, 0.5) is 0 Å². The van der Waals surface area contributed by atoms with E-state index in [-0.39, 0.29) is 40.8 Å². The molecule has 0 spiro atoms. The molecule has 4 saturated carbocycles. The standard InChI is InChI=1S/C25H42O4.C2H6/c1-14(5-6-15(2)26)18-7-8-19-23-20(13-22(29)25(18,19)4)24(3)10-9-17(27)11-16(24)12-21(23)28;1-2/h14,16-23,27-29H,5-13H2,1-4H3;1-2H3/t14-,16?,17-,18?,19+,20+,21-,22+,23?,24?,25?;/m1./s1. The second kappa shape index (κ2) is 9.43. The van der Waals surface area contributed by atoms with Gasteiger partial charge in [-0.2, -0.15) is 0 Å². The predicted octanol–water partition coefficient (Wildman–Crippen LogP) is 4.98. The first-order valence-electron chi connectivity index (χ1n) is 13.1. The third kappa shape index (κ3) is 4.15. The van der Waals surface area contributed by atoms with E-state index in [1.807, 2.05) is 13.8 Å². The summed E-state index contributed by atoms with van der Waals surface area (Å²) in [6.07, 6.45) is 7.12. The van der Waals surface area contributed by atoms with Gasteiger partial charge in [0.2, 0.25) is 0 Å². The van der Waals surface area contributed by atoms with Crippen LogP contribution in [0.1, 0.15) is 99.3 Å². The number of Topliss-reactive ketones (excluding diaryl/α,β-unsaturated/α-hetero) is 1. The zero-order valence-electron chi connectivity index (χ0n) is 20.8. The summed E-state index contributed by atoms with van der Waals surface area (Å²) in [5.74, 6) is 2.45. The second-order valence-corrected chi connectivity index (χ2v) is 11.7. The summed E-state index contributed by atoms with van der Waals surface area (Å²) in [4.78, 5) is 11.5. The molecule has 5 unspecified atom stereocenters. The summed E-state index contributed by atoms with van der Waals surface area (Å²) >= 11 is 0. The first kappa shape index (κ1) is 25.2. The molecule has 3 N–H and O–H groups in total. The third-order valence-corrected chi connectivity index (χ3v) is 10.5. The number of carbonyl (C=O) groups excluding carboxylic acids is 1. The van der Waals surface area contributed by atoms with Crippen molar-refractivity contribution in [2.75, 3.05) is 0 Å². The SMILES string of the molecule is CC.CC(=O)CC[C@@H](C)C1CC[C@H]2C3[C@H](O)CC4C[C@H](O)CCC4(C)[C@H]3C[C@H](O)C12C. The molecule has 4 aliphatic carbocycles. The smallest absolute Gasteiger partial charge is 0.129 e. The Bertz CT molecular complexity index is 635. The Balaban J connectivity index is 0.00000132. The van der Waals surface area contributed by atoms with Crippen LogP contribution in [0, 0.1) is 46.3 Å². The van der Waals surface area contributed by atoms with Crippen molar-refractivity contribution in [1.82, 2.24) is 0 Å². The molecule has 0 aliphatic heterocycles. The molecule has 0 radical (unpaired) electrons. The lowest BCUT2D eigenvalue weighted by Crippen LogP contribution is -2.62. The highest BCUT2D eigenvalue weighted by Crippen LogP contribution is 2.68. The Morgan fingerprint density at radius 1 is 1.00 bits per heavy atom. The summed E-state index contributed by atoms with van der Waals surface area (Å²) in [5.41, 5.74) is -0.0283. The zero-order chi connectivity index (χ0) is 23.1. The monoisotopic (exact) mass is 436 g/mol. The molecule has 0 amide bonds. The molecule has 0 bridgehead atoms. The van der Waals surface area contributed by atoms with Crippen LogP contribution < -0.4 is 0 Å². The second-order valence-electron chi connectivity index (χ2n) is 11.7. The minimum Gasteiger partial charge on any atom is -0.393 e. The van der Waals surface area contributed by atoms with Gasteiger partial charge in [0.25, 0.3) is 0 Å². The van der Waals surface area contributed by atoms with Crippen LogP contribution in [0.15, 0.2) is 0 Å². The normalized spacial score (nSPS) is 49.7. The van der Waals surface area contributed by atoms with Gasteiger partial charge in [0.1, 0.15) is 5.78 Å². The summed E-state index contributed by atoms with van der Waals surface area (Å²) in [6, 6.07) is 0. The average molecular weight is 437 g/mol. The van der Waals surface area contributed by atoms with Crippen molar-refractivity contribution >= 4 is 5.78 Å². The van der Waals surface area contributed by atoms with Crippen LogP contribution in [0.5, 0.6) is 0 Å². The molecule has 4 heteroatoms. The lowest BCUT2D eigenvalue weighted by molar-refractivity contribution is -0.207. The molecule has 4 fully saturated rings. The van der Waals surface area contributed by atoms with Crippen molar-refractivity contribution < 1.29 is 20.1 Å². The van der Waals surface area contributed by atoms with Crippen molar-refractivity contribution in [1.29, 1.82) is 0 Å². The predicted molar refractivity (Wildman–Crippen MR) is 124 cm³/mol. The molecule has 31 heavy (non-hydrogen) atoms. The van der Waals surface area contributed by atoms with E-state index in [2.05, 4.69) is 20.8 Å². The van der Waals surface area contributed by atoms with Gasteiger partial charge in [-0.25, -0.2) is 0 Å². The first-order valence-corrected chi connectivity index (χ1v) is 13.1. The minimum atomic E-state index is -0.337. The molecule has 180 valence electrons. The molecule has 0 aromatic heterocycles. The Morgan fingerprint density at radius 2 is 1.68 bits per heavy atom. The van der Waals surface area contributed by atoms with Crippen molar-refractivity contribution in [3.8, 4) is 0 Å². The number of hydrogen-bond donors (Lipinski definition) is 3. The highest BCUT2D eigenvalue weighted by molar-refractivity contribution is 5.75. The van der Waals surface area contributed by atoms with E-state index in [4.69, 9.17) is 0 Å². The third-order valence-electron chi connectivity index (χ3n) is 10.5. The van der Waals surface area contributed by atoms with Gasteiger partial charge < -0.3 is 20.1 Å². The maximum absolute atomic E-state index is 11.5. The van der Waals surface area contributed by atoms with Crippen molar-refractivity contribution in [3.05, 3.63) is 0 Å². The molecular weight excluding hydrogens is 388 g/mol. The van der Waals surface area contributed by atoms with Gasteiger partial charge in [-0.15, -0.1) is 0 Å². The van der Waals surface area contributed by atoms with Gasteiger partial charge in [-0.3, -0.25) is 0 Å². The Labute approximate surface area is 190 Å². The Kier molecular flexibility index (Phi) is 7.66. The lowest BCUT2D eigenvalue weighted by Gasteiger charge is -2.63. The van der Waals surface area contributed by atoms with Gasteiger partial charge in [-0.05, 0) is 105 Å². The van der Waals surface area contributed by atoms with E-state index in [0.29, 0.717) is 36.0 Å². The molecule has 4 rings (SSSR count). The number of aliphatic hydroxyl groups is 3. The maximum Gasteiger partial charge on any atom is 0.129 e. The molecule has 0 aromatic carbocycles. The molecular formula is C27H48O4. The van der Waals surface area contributed by atoms with Crippen LogP contribution in [0.2, 0.25) is 0 Å². The topological polar surface area (TPSA) is 77.8 Å². The molecule has 0 heterocycles. The van der Waals surface area contributed by atoms with E-state index >= 15 is 0 Å². The number of fused-ring (bicyclic) bond motifs is 5. The summed E-state index contributed by atoms with van der Waals surface area (Å²) in [6.45, 7) is 12.6. The van der Waals surface area contributed by atoms with E-state index < -0.39 is 0 Å². The number of hydrogen-bond acceptors (Lipinski definition) is 4. The van der Waals surface area contributed by atoms with E-state index in [9.17, 15) is 20.1 Å². The van der Waals surface area contributed by atoms with Gasteiger partial charge >= 0.3 is 0 Å². The molecule has 0 aromatic rings. The van der Waals surface area contributed by atoms with E-state index in [1.165, 1.54) is 0 Å². The lowest BCUT2D eigenvalue weighted by atomic mass is 9.43. The first-order chi connectivity index (χ1) is 14.6. The highest BCUT2D eigenvalue weighted by atomic mass is 16.3. The number of rotatable bonds is 4. The van der Waals surface area contributed by atoms with Crippen molar-refractivity contribution in [2.24, 2.45) is 46.3 Å². The van der Waals surface area contributed by atoms with Crippen LogP contribution in [-0.2, 0) is 4.79 Å². The maximum atomic E-state index is 11.5. The van der Waals surface area contributed by atoms with E-state index in [1.54, 1.807) is 6.92 Å². The van der Waals surface area contributed by atoms with Gasteiger partial charge in [0.15, 0.2) is 0 Å². The van der Waals surface area contributed by atoms with Crippen molar-refractivity contribution in [2.45, 2.75) is 118 Å². The van der Waals surface area contributed by atoms with E-state index in [0.717, 1.165) is 51.4 Å². The van der Waals surface area contributed by atoms with Crippen LogP contribution in [0.3, 0.4) is 0 Å². The fraction of sp³-hybridized carbons (Fsp3) is 0.963. The molecule has 11 atom stereocenters. The summed E-state index contributed by atoms with van der Waals surface area (Å²) < 4.78 is 0. The fourth-order valence-electron chi connectivity index (χ4n) is 8.76. The van der Waals surface area contributed by atoms with Crippen LogP contribution in [0.25, 0.3) is 0 Å². The summed E-state index contributed by atoms with van der Waals surface area (Å²) in [5, 5.41) is 33.0. The van der Waals surface area contributed by atoms with Gasteiger partial charge in [0.05, 0.1) is 18.3 Å². The summed E-state index contributed by atoms with van der Waals surface area (Å²) in [7, 11) is 0. The fourth-order valence-corrected chi connectivity index (χ4v) is 8.76. The minimum absolute atomic E-state index is 0.129. The average Bonchev–Trinajstić information content (AvgIpc) is 3.08. The Hall–Kier alpha value is -0.450. The number of aliphatic hydroxyl groups excluding tert-OH is 3.